The second-order valence-electron chi connectivity index (χ2n) is 5.07. The van der Waals surface area contributed by atoms with Crippen LogP contribution in [0.5, 0.6) is 11.5 Å². The summed E-state index contributed by atoms with van der Waals surface area (Å²) < 4.78 is 16.6. The molecule has 4 heteroatoms. The molecule has 0 amide bonds. The number of anilines is 1. The number of hydrogen-bond acceptors (Lipinski definition) is 4. The van der Waals surface area contributed by atoms with Crippen molar-refractivity contribution in [3.05, 3.63) is 18.2 Å². The molecule has 112 valence electrons. The van der Waals surface area contributed by atoms with E-state index in [0.717, 1.165) is 23.8 Å². The van der Waals surface area contributed by atoms with Crippen LogP contribution in [0.15, 0.2) is 18.2 Å². The first-order chi connectivity index (χ1) is 9.78. The minimum Gasteiger partial charge on any atom is -0.494 e. The summed E-state index contributed by atoms with van der Waals surface area (Å²) in [5, 5.41) is 3.56. The Bertz CT molecular complexity index is 418. The van der Waals surface area contributed by atoms with Crippen LogP contribution < -0.4 is 14.8 Å². The lowest BCUT2D eigenvalue weighted by atomic mass is 10.1. The van der Waals surface area contributed by atoms with Crippen molar-refractivity contribution in [1.82, 2.24) is 0 Å². The van der Waals surface area contributed by atoms with Gasteiger partial charge in [0, 0.05) is 13.2 Å². The van der Waals surface area contributed by atoms with Crippen molar-refractivity contribution < 1.29 is 14.2 Å². The van der Waals surface area contributed by atoms with Crippen LogP contribution in [-0.4, -0.2) is 33.0 Å². The third-order valence-corrected chi connectivity index (χ3v) is 3.44. The number of rotatable bonds is 9. The van der Waals surface area contributed by atoms with E-state index in [4.69, 9.17) is 14.2 Å². The Balaban J connectivity index is 2.14. The molecule has 0 saturated heterocycles. The topological polar surface area (TPSA) is 39.7 Å². The van der Waals surface area contributed by atoms with E-state index in [0.29, 0.717) is 25.2 Å². The third kappa shape index (κ3) is 4.04. The van der Waals surface area contributed by atoms with Crippen LogP contribution >= 0.6 is 0 Å². The molecule has 1 atom stereocenters. The van der Waals surface area contributed by atoms with Crippen LogP contribution in [0.3, 0.4) is 0 Å². The summed E-state index contributed by atoms with van der Waals surface area (Å²) in [5.74, 6) is 2.45. The monoisotopic (exact) mass is 279 g/mol. The maximum atomic E-state index is 5.69. The molecule has 0 spiro atoms. The second-order valence-corrected chi connectivity index (χ2v) is 5.07. The summed E-state index contributed by atoms with van der Waals surface area (Å²) in [6.07, 6.45) is 2.55. The van der Waals surface area contributed by atoms with Crippen molar-refractivity contribution >= 4 is 5.69 Å². The SMILES string of the molecule is CCOc1ccc(OCC)c(NC(COC)C2CC2)c1. The zero-order valence-corrected chi connectivity index (χ0v) is 12.6. The lowest BCUT2D eigenvalue weighted by molar-refractivity contribution is 0.179. The van der Waals surface area contributed by atoms with Crippen LogP contribution in [0, 0.1) is 5.92 Å². The van der Waals surface area contributed by atoms with Gasteiger partial charge in [-0.1, -0.05) is 0 Å². The van der Waals surface area contributed by atoms with Crippen molar-refractivity contribution in [2.24, 2.45) is 5.92 Å². The molecule has 20 heavy (non-hydrogen) atoms. The molecule has 1 N–H and O–H groups in total. The first-order valence-electron chi connectivity index (χ1n) is 7.43. The van der Waals surface area contributed by atoms with Gasteiger partial charge in [0.05, 0.1) is 31.5 Å². The molecule has 0 heterocycles. The molecule has 1 fully saturated rings. The highest BCUT2D eigenvalue weighted by molar-refractivity contribution is 5.60. The molecule has 0 radical (unpaired) electrons. The zero-order valence-electron chi connectivity index (χ0n) is 12.6. The highest BCUT2D eigenvalue weighted by Crippen LogP contribution is 2.37. The number of methoxy groups -OCH3 is 1. The number of hydrogen-bond donors (Lipinski definition) is 1. The molecule has 0 bridgehead atoms. The lowest BCUT2D eigenvalue weighted by Gasteiger charge is -2.21. The van der Waals surface area contributed by atoms with Crippen LogP contribution in [-0.2, 0) is 4.74 Å². The molecule has 1 unspecified atom stereocenters. The minimum atomic E-state index is 0.344. The normalized spacial score (nSPS) is 15.8. The van der Waals surface area contributed by atoms with E-state index in [1.165, 1.54) is 12.8 Å². The van der Waals surface area contributed by atoms with Crippen molar-refractivity contribution in [2.75, 3.05) is 32.2 Å². The zero-order chi connectivity index (χ0) is 14.4. The van der Waals surface area contributed by atoms with Gasteiger partial charge in [-0.3, -0.25) is 0 Å². The van der Waals surface area contributed by atoms with Crippen LogP contribution in [0.2, 0.25) is 0 Å². The Morgan fingerprint density at radius 2 is 1.95 bits per heavy atom. The van der Waals surface area contributed by atoms with Gasteiger partial charge in [0.1, 0.15) is 11.5 Å². The molecule has 1 aliphatic carbocycles. The summed E-state index contributed by atoms with van der Waals surface area (Å²) in [5.41, 5.74) is 0.992. The molecule has 0 aliphatic heterocycles. The molecule has 1 aromatic carbocycles. The van der Waals surface area contributed by atoms with Crippen LogP contribution in [0.4, 0.5) is 5.69 Å². The van der Waals surface area contributed by atoms with Crippen molar-refractivity contribution in [3.8, 4) is 11.5 Å². The smallest absolute Gasteiger partial charge is 0.142 e. The van der Waals surface area contributed by atoms with Gasteiger partial charge in [-0.2, -0.15) is 0 Å². The third-order valence-electron chi connectivity index (χ3n) is 3.44. The highest BCUT2D eigenvalue weighted by Gasteiger charge is 2.31. The van der Waals surface area contributed by atoms with E-state index in [1.54, 1.807) is 7.11 Å². The second kappa shape index (κ2) is 7.39. The van der Waals surface area contributed by atoms with E-state index in [1.807, 2.05) is 32.0 Å². The van der Waals surface area contributed by atoms with E-state index in [-0.39, 0.29) is 0 Å². The first-order valence-corrected chi connectivity index (χ1v) is 7.43. The molecule has 4 nitrogen and oxygen atoms in total. The van der Waals surface area contributed by atoms with Gasteiger partial charge in [-0.05, 0) is 44.7 Å². The van der Waals surface area contributed by atoms with Crippen molar-refractivity contribution in [2.45, 2.75) is 32.7 Å². The summed E-state index contributed by atoms with van der Waals surface area (Å²) >= 11 is 0. The van der Waals surface area contributed by atoms with Gasteiger partial charge in [0.2, 0.25) is 0 Å². The standard InChI is InChI=1S/C16H25NO3/c1-4-19-13-8-9-16(20-5-2)14(10-13)17-15(11-18-3)12-6-7-12/h8-10,12,15,17H,4-7,11H2,1-3H3. The van der Waals surface area contributed by atoms with E-state index < -0.39 is 0 Å². The van der Waals surface area contributed by atoms with Gasteiger partial charge in [-0.15, -0.1) is 0 Å². The quantitative estimate of drug-likeness (QED) is 0.752. The molecule has 0 aromatic heterocycles. The molecule has 1 saturated carbocycles. The van der Waals surface area contributed by atoms with Crippen LogP contribution in [0.1, 0.15) is 26.7 Å². The lowest BCUT2D eigenvalue weighted by Crippen LogP contribution is -2.27. The van der Waals surface area contributed by atoms with Gasteiger partial charge >= 0.3 is 0 Å². The summed E-state index contributed by atoms with van der Waals surface area (Å²) in [6, 6.07) is 6.27. The van der Waals surface area contributed by atoms with E-state index in [9.17, 15) is 0 Å². The predicted molar refractivity (Wildman–Crippen MR) is 80.8 cm³/mol. The van der Waals surface area contributed by atoms with E-state index in [2.05, 4.69) is 5.32 Å². The summed E-state index contributed by atoms with van der Waals surface area (Å²) in [7, 11) is 1.75. The Morgan fingerprint density at radius 3 is 2.55 bits per heavy atom. The molecule has 1 aliphatic rings. The largest absolute Gasteiger partial charge is 0.494 e. The van der Waals surface area contributed by atoms with Gasteiger partial charge in [-0.25, -0.2) is 0 Å². The Labute approximate surface area is 121 Å². The number of ether oxygens (including phenoxy) is 3. The molecular weight excluding hydrogens is 254 g/mol. The minimum absolute atomic E-state index is 0.344. The Morgan fingerprint density at radius 1 is 1.20 bits per heavy atom. The first kappa shape index (κ1) is 15.0. The Kier molecular flexibility index (Phi) is 5.53. The number of nitrogens with one attached hydrogen (secondary N) is 1. The summed E-state index contributed by atoms with van der Waals surface area (Å²) in [4.78, 5) is 0. The van der Waals surface area contributed by atoms with Gasteiger partial charge in [0.25, 0.3) is 0 Å². The van der Waals surface area contributed by atoms with Crippen LogP contribution in [0.25, 0.3) is 0 Å². The maximum absolute atomic E-state index is 5.69. The summed E-state index contributed by atoms with van der Waals surface area (Å²) in [6.45, 7) is 6.02. The molecule has 2 rings (SSSR count). The van der Waals surface area contributed by atoms with E-state index >= 15 is 0 Å². The van der Waals surface area contributed by atoms with Crippen molar-refractivity contribution in [1.29, 1.82) is 0 Å². The van der Waals surface area contributed by atoms with Gasteiger partial charge in [0.15, 0.2) is 0 Å². The van der Waals surface area contributed by atoms with Gasteiger partial charge < -0.3 is 19.5 Å². The average Bonchev–Trinajstić information content (AvgIpc) is 3.26. The molecular formula is C16H25NO3. The fraction of sp³-hybridized carbons (Fsp3) is 0.625. The average molecular weight is 279 g/mol. The highest BCUT2D eigenvalue weighted by atomic mass is 16.5. The molecule has 1 aromatic rings. The Hall–Kier alpha value is -1.42. The number of benzene rings is 1. The van der Waals surface area contributed by atoms with Crippen molar-refractivity contribution in [3.63, 3.8) is 0 Å². The fourth-order valence-electron chi connectivity index (χ4n) is 2.33. The predicted octanol–water partition coefficient (Wildman–Crippen LogP) is 3.32. The maximum Gasteiger partial charge on any atom is 0.142 e. The fourth-order valence-corrected chi connectivity index (χ4v) is 2.33.